The van der Waals surface area contributed by atoms with Crippen molar-refractivity contribution < 1.29 is 9.53 Å². The maximum atomic E-state index is 13.3. The van der Waals surface area contributed by atoms with Crippen LogP contribution in [0.2, 0.25) is 5.02 Å². The van der Waals surface area contributed by atoms with Crippen LogP contribution >= 0.6 is 23.4 Å². The molecule has 4 rings (SSSR count). The molecule has 0 radical (unpaired) electrons. The van der Waals surface area contributed by atoms with Gasteiger partial charge in [-0.25, -0.2) is 4.68 Å². The number of aromatic nitrogens is 3. The fourth-order valence-electron chi connectivity index (χ4n) is 3.44. The number of benzene rings is 2. The minimum absolute atomic E-state index is 0.157. The molecule has 0 unspecified atom stereocenters. The summed E-state index contributed by atoms with van der Waals surface area (Å²) in [7, 11) is 0. The van der Waals surface area contributed by atoms with Crippen molar-refractivity contribution in [3.8, 4) is 5.75 Å². The Morgan fingerprint density at radius 3 is 2.68 bits per heavy atom. The second-order valence-electron chi connectivity index (χ2n) is 7.10. The minimum atomic E-state index is -0.472. The summed E-state index contributed by atoms with van der Waals surface area (Å²) in [5.41, 5.74) is 5.02. The van der Waals surface area contributed by atoms with Crippen LogP contribution in [0, 0.1) is 0 Å². The minimum Gasteiger partial charge on any atom is -0.494 e. The molecule has 9 heteroatoms. The Hall–Kier alpha value is -2.71. The Morgan fingerprint density at radius 2 is 1.97 bits per heavy atom. The number of ether oxygens (including phenoxy) is 1. The number of nitrogens with zero attached hydrogens (tertiary/aromatic N) is 3. The van der Waals surface area contributed by atoms with Gasteiger partial charge in [0.1, 0.15) is 11.0 Å². The van der Waals surface area contributed by atoms with Gasteiger partial charge in [-0.15, -0.1) is 10.2 Å². The molecule has 1 aromatic heterocycles. The third kappa shape index (κ3) is 4.65. The third-order valence-corrected chi connectivity index (χ3v) is 6.46. The number of aryl methyl sites for hydroxylation is 1. The van der Waals surface area contributed by atoms with E-state index in [0.29, 0.717) is 22.5 Å². The van der Waals surface area contributed by atoms with E-state index in [-0.39, 0.29) is 11.9 Å². The molecule has 2 N–H and O–H groups in total. The lowest BCUT2D eigenvalue weighted by molar-refractivity contribution is -0.116. The number of amides is 1. The first kappa shape index (κ1) is 21.5. The zero-order valence-corrected chi connectivity index (χ0v) is 18.9. The average molecular weight is 458 g/mol. The van der Waals surface area contributed by atoms with Crippen LogP contribution in [-0.4, -0.2) is 32.6 Å². The van der Waals surface area contributed by atoms with Gasteiger partial charge in [0.05, 0.1) is 23.4 Å². The molecule has 0 saturated heterocycles. The van der Waals surface area contributed by atoms with Crippen LogP contribution in [0.4, 0.5) is 5.69 Å². The fraction of sp³-hybridized carbons (Fsp3) is 0.318. The van der Waals surface area contributed by atoms with Crippen LogP contribution < -0.4 is 15.5 Å². The maximum absolute atomic E-state index is 13.3. The number of para-hydroxylation sites is 1. The number of hydrogen-bond acceptors (Lipinski definition) is 6. The van der Waals surface area contributed by atoms with Crippen LogP contribution in [0.15, 0.2) is 53.7 Å². The van der Waals surface area contributed by atoms with Gasteiger partial charge >= 0.3 is 0 Å². The Bertz CT molecular complexity index is 1060. The standard InChI is InChI=1S/C22H24ClN5O2S/c1-3-7-18-25-26-22-28(18)27-19(14-10-12-15(13-11-14)30-4-2)20(31-22)21(29)24-17-9-6-5-8-16(17)23/h5-6,8-13,19-20,27H,3-4,7H2,1-2H3,(H,24,29)/t19-,20-/m0/s1. The number of rotatable bonds is 7. The van der Waals surface area contributed by atoms with E-state index in [4.69, 9.17) is 16.3 Å². The van der Waals surface area contributed by atoms with Gasteiger partial charge in [0.15, 0.2) is 5.82 Å². The molecule has 0 bridgehead atoms. The molecule has 1 aliphatic rings. The van der Waals surface area contributed by atoms with E-state index >= 15 is 0 Å². The highest BCUT2D eigenvalue weighted by Crippen LogP contribution is 2.38. The lowest BCUT2D eigenvalue weighted by Gasteiger charge is -2.33. The predicted molar refractivity (Wildman–Crippen MR) is 123 cm³/mol. The van der Waals surface area contributed by atoms with Crippen molar-refractivity contribution in [2.24, 2.45) is 0 Å². The molecule has 1 aliphatic heterocycles. The largest absolute Gasteiger partial charge is 0.494 e. The summed E-state index contributed by atoms with van der Waals surface area (Å²) in [4.78, 5) is 13.3. The van der Waals surface area contributed by atoms with Crippen molar-refractivity contribution >= 4 is 35.0 Å². The lowest BCUT2D eigenvalue weighted by Crippen LogP contribution is -2.41. The van der Waals surface area contributed by atoms with Crippen LogP contribution in [0.25, 0.3) is 0 Å². The van der Waals surface area contributed by atoms with E-state index in [9.17, 15) is 4.79 Å². The number of halogens is 1. The molecule has 2 aromatic carbocycles. The van der Waals surface area contributed by atoms with Crippen LogP contribution in [-0.2, 0) is 11.2 Å². The molecular weight excluding hydrogens is 434 g/mol. The van der Waals surface area contributed by atoms with Gasteiger partial charge < -0.3 is 15.5 Å². The zero-order chi connectivity index (χ0) is 21.8. The topological polar surface area (TPSA) is 81.1 Å². The summed E-state index contributed by atoms with van der Waals surface area (Å²) in [5.74, 6) is 1.49. The summed E-state index contributed by atoms with van der Waals surface area (Å²) >= 11 is 7.64. The van der Waals surface area contributed by atoms with Crippen LogP contribution in [0.3, 0.4) is 0 Å². The number of hydrogen-bond donors (Lipinski definition) is 2. The van der Waals surface area contributed by atoms with Gasteiger partial charge in [-0.05, 0) is 43.2 Å². The zero-order valence-electron chi connectivity index (χ0n) is 17.3. The first-order valence-corrected chi connectivity index (χ1v) is 11.5. The van der Waals surface area contributed by atoms with Crippen LogP contribution in [0.5, 0.6) is 5.75 Å². The number of carbonyl (C=O) groups is 1. The fourth-order valence-corrected chi connectivity index (χ4v) is 4.72. The van der Waals surface area contributed by atoms with E-state index in [0.717, 1.165) is 30.0 Å². The van der Waals surface area contributed by atoms with E-state index in [2.05, 4.69) is 27.9 Å². The van der Waals surface area contributed by atoms with Crippen molar-refractivity contribution in [1.29, 1.82) is 0 Å². The number of nitrogens with one attached hydrogen (secondary N) is 2. The molecule has 0 spiro atoms. The molecule has 3 aromatic rings. The molecule has 0 aliphatic carbocycles. The molecule has 162 valence electrons. The van der Waals surface area contributed by atoms with Crippen molar-refractivity contribution in [2.75, 3.05) is 17.3 Å². The summed E-state index contributed by atoms with van der Waals surface area (Å²) in [6.07, 6.45) is 1.75. The van der Waals surface area contributed by atoms with E-state index < -0.39 is 5.25 Å². The van der Waals surface area contributed by atoms with Crippen molar-refractivity contribution in [3.63, 3.8) is 0 Å². The Balaban J connectivity index is 1.66. The number of fused-ring (bicyclic) bond motifs is 1. The van der Waals surface area contributed by atoms with Gasteiger partial charge in [0.25, 0.3) is 0 Å². The summed E-state index contributed by atoms with van der Waals surface area (Å²) in [6.45, 7) is 4.65. The quantitative estimate of drug-likeness (QED) is 0.536. The monoisotopic (exact) mass is 457 g/mol. The number of thioether (sulfide) groups is 1. The van der Waals surface area contributed by atoms with Crippen molar-refractivity contribution in [3.05, 3.63) is 64.9 Å². The molecule has 0 saturated carbocycles. The summed E-state index contributed by atoms with van der Waals surface area (Å²) in [5, 5.41) is 12.2. The summed E-state index contributed by atoms with van der Waals surface area (Å²) < 4.78 is 7.46. The van der Waals surface area contributed by atoms with Gasteiger partial charge in [-0.1, -0.05) is 54.6 Å². The van der Waals surface area contributed by atoms with Gasteiger partial charge in [-0.2, -0.15) is 0 Å². The lowest BCUT2D eigenvalue weighted by atomic mass is 10.0. The smallest absolute Gasteiger partial charge is 0.240 e. The molecular formula is C22H24ClN5O2S. The highest BCUT2D eigenvalue weighted by molar-refractivity contribution is 8.00. The van der Waals surface area contributed by atoms with E-state index in [1.165, 1.54) is 11.8 Å². The van der Waals surface area contributed by atoms with E-state index in [1.54, 1.807) is 12.1 Å². The average Bonchev–Trinajstić information content (AvgIpc) is 3.17. The Morgan fingerprint density at radius 1 is 1.19 bits per heavy atom. The molecule has 31 heavy (non-hydrogen) atoms. The van der Waals surface area contributed by atoms with Gasteiger partial charge in [-0.3, -0.25) is 4.79 Å². The van der Waals surface area contributed by atoms with Crippen molar-refractivity contribution in [2.45, 2.75) is 43.1 Å². The van der Waals surface area contributed by atoms with Gasteiger partial charge in [0.2, 0.25) is 11.1 Å². The first-order chi connectivity index (χ1) is 15.1. The predicted octanol–water partition coefficient (Wildman–Crippen LogP) is 4.68. The Labute approximate surface area is 190 Å². The molecule has 2 atom stereocenters. The highest BCUT2D eigenvalue weighted by Gasteiger charge is 2.38. The molecule has 0 fully saturated rings. The van der Waals surface area contributed by atoms with Gasteiger partial charge in [0, 0.05) is 6.42 Å². The normalized spacial score (nSPS) is 17.5. The highest BCUT2D eigenvalue weighted by atomic mass is 35.5. The van der Waals surface area contributed by atoms with Crippen molar-refractivity contribution in [1.82, 2.24) is 14.9 Å². The maximum Gasteiger partial charge on any atom is 0.240 e. The number of anilines is 1. The van der Waals surface area contributed by atoms with Crippen LogP contribution in [0.1, 0.15) is 37.7 Å². The third-order valence-electron chi connectivity index (χ3n) is 4.92. The SMILES string of the molecule is CCCc1nnc2n1N[C@@H](c1ccc(OCC)cc1)[C@@H](C(=O)Nc1ccccc1Cl)S2. The first-order valence-electron chi connectivity index (χ1n) is 10.3. The second-order valence-corrected chi connectivity index (χ2v) is 8.62. The Kier molecular flexibility index (Phi) is 6.67. The number of carbonyl (C=O) groups excluding carboxylic acids is 1. The van der Waals surface area contributed by atoms with E-state index in [1.807, 2.05) is 48.0 Å². The molecule has 1 amide bonds. The molecule has 7 nitrogen and oxygen atoms in total. The molecule has 2 heterocycles. The summed E-state index contributed by atoms with van der Waals surface area (Å²) in [6, 6.07) is 14.7. The second kappa shape index (κ2) is 9.62.